The van der Waals surface area contributed by atoms with Crippen LogP contribution in [-0.2, 0) is 14.9 Å². The molecule has 1 amide bonds. The second-order valence-corrected chi connectivity index (χ2v) is 12.7. The van der Waals surface area contributed by atoms with Crippen molar-refractivity contribution >= 4 is 21.8 Å². The minimum absolute atomic E-state index is 0.104. The van der Waals surface area contributed by atoms with Gasteiger partial charge in [-0.15, -0.1) is 0 Å². The van der Waals surface area contributed by atoms with Crippen LogP contribution < -0.4 is 14.8 Å². The quantitative estimate of drug-likeness (QED) is 0.608. The number of benzene rings is 1. The van der Waals surface area contributed by atoms with Crippen molar-refractivity contribution in [3.8, 4) is 11.5 Å². The normalized spacial score (nSPS) is 37.1. The predicted octanol–water partition coefficient (Wildman–Crippen LogP) is 4.70. The summed E-state index contributed by atoms with van der Waals surface area (Å²) in [5, 5.41) is 3.37. The van der Waals surface area contributed by atoms with Crippen LogP contribution in [0.5, 0.6) is 11.5 Å². The maximum Gasteiger partial charge on any atom is 0.231 e. The van der Waals surface area contributed by atoms with Gasteiger partial charge in [-0.25, -0.2) is 0 Å². The minimum atomic E-state index is -0.104. The Morgan fingerprint density at radius 1 is 1.06 bits per heavy atom. The molecule has 4 bridgehead atoms. The zero-order valence-corrected chi connectivity index (χ0v) is 19.7. The average Bonchev–Trinajstić information content (AvgIpc) is 3.19. The zero-order valence-electron chi connectivity index (χ0n) is 18.1. The molecule has 2 unspecified atom stereocenters. The minimum Gasteiger partial charge on any atom is -0.454 e. The molecular weight excluding hydrogens is 458 g/mol. The largest absolute Gasteiger partial charge is 0.454 e. The van der Waals surface area contributed by atoms with Gasteiger partial charge in [-0.2, -0.15) is 0 Å². The second kappa shape index (κ2) is 7.38. The third kappa shape index (κ3) is 3.68. The molecule has 1 aromatic carbocycles. The third-order valence-corrected chi connectivity index (χ3v) is 9.63. The van der Waals surface area contributed by atoms with Crippen LogP contribution in [0.2, 0.25) is 0 Å². The molecular formula is C25H32BrNO4. The van der Waals surface area contributed by atoms with Crippen molar-refractivity contribution in [3.05, 3.63) is 23.8 Å². The first kappa shape index (κ1) is 20.3. The summed E-state index contributed by atoms with van der Waals surface area (Å²) in [6, 6.07) is 6.24. The molecule has 2 heterocycles. The maximum atomic E-state index is 13.2. The van der Waals surface area contributed by atoms with Crippen molar-refractivity contribution in [1.82, 2.24) is 5.32 Å². The molecule has 1 aromatic rings. The van der Waals surface area contributed by atoms with Gasteiger partial charge in [0.05, 0.1) is 0 Å². The average molecular weight is 490 g/mol. The summed E-state index contributed by atoms with van der Waals surface area (Å²) in [5.74, 6) is 3.46. The Balaban J connectivity index is 1.17. The van der Waals surface area contributed by atoms with Crippen LogP contribution in [0, 0.1) is 17.3 Å². The Morgan fingerprint density at radius 3 is 2.55 bits per heavy atom. The summed E-state index contributed by atoms with van der Waals surface area (Å²) in [6.45, 7) is 2.40. The molecule has 5 fully saturated rings. The van der Waals surface area contributed by atoms with Crippen LogP contribution in [0.15, 0.2) is 18.2 Å². The predicted molar refractivity (Wildman–Crippen MR) is 121 cm³/mol. The van der Waals surface area contributed by atoms with E-state index in [2.05, 4.69) is 33.4 Å². The number of alkyl halides is 1. The van der Waals surface area contributed by atoms with Crippen LogP contribution >= 0.6 is 15.9 Å². The number of nitrogens with one attached hydrogen (secondary N) is 1. The van der Waals surface area contributed by atoms with E-state index in [0.717, 1.165) is 49.4 Å². The molecule has 4 aliphatic carbocycles. The highest BCUT2D eigenvalue weighted by Crippen LogP contribution is 2.65. The summed E-state index contributed by atoms with van der Waals surface area (Å²) in [5.41, 5.74) is 1.32. The number of hydrogen-bond acceptors (Lipinski definition) is 4. The van der Waals surface area contributed by atoms with E-state index in [1.165, 1.54) is 44.1 Å². The van der Waals surface area contributed by atoms with Crippen molar-refractivity contribution in [2.75, 3.05) is 26.6 Å². The second-order valence-electron chi connectivity index (χ2n) is 11.0. The van der Waals surface area contributed by atoms with Crippen molar-refractivity contribution in [2.45, 2.75) is 67.5 Å². The zero-order chi connectivity index (χ0) is 21.1. The Morgan fingerprint density at radius 2 is 1.81 bits per heavy atom. The SMILES string of the molecule is O=C(CC12CC3CC(CC(Br)(C3)C1)C2)NCC1(c2ccc3c(c2)OCO3)CCOCC1. The van der Waals surface area contributed by atoms with Gasteiger partial charge in [0.2, 0.25) is 12.7 Å². The monoisotopic (exact) mass is 489 g/mol. The highest BCUT2D eigenvalue weighted by atomic mass is 79.9. The first-order valence-electron chi connectivity index (χ1n) is 11.9. The highest BCUT2D eigenvalue weighted by Gasteiger charge is 2.57. The molecule has 6 heteroatoms. The van der Waals surface area contributed by atoms with Gasteiger partial charge in [-0.05, 0) is 86.3 Å². The van der Waals surface area contributed by atoms with Crippen molar-refractivity contribution < 1.29 is 19.0 Å². The first-order chi connectivity index (χ1) is 15.0. The lowest BCUT2D eigenvalue weighted by Gasteiger charge is -2.60. The fourth-order valence-corrected chi connectivity index (χ4v) is 9.28. The van der Waals surface area contributed by atoms with Crippen molar-refractivity contribution in [1.29, 1.82) is 0 Å². The van der Waals surface area contributed by atoms with E-state index in [0.29, 0.717) is 17.3 Å². The topological polar surface area (TPSA) is 56.8 Å². The Kier molecular flexibility index (Phi) is 4.84. The van der Waals surface area contributed by atoms with Gasteiger partial charge in [0.15, 0.2) is 11.5 Å². The highest BCUT2D eigenvalue weighted by molar-refractivity contribution is 9.10. The number of halogens is 1. The molecule has 2 atom stereocenters. The van der Waals surface area contributed by atoms with Gasteiger partial charge >= 0.3 is 0 Å². The van der Waals surface area contributed by atoms with E-state index in [1.807, 2.05) is 6.07 Å². The number of amides is 1. The van der Waals surface area contributed by atoms with Crippen LogP contribution in [0.4, 0.5) is 0 Å². The van der Waals surface area contributed by atoms with Crippen molar-refractivity contribution in [3.63, 3.8) is 0 Å². The summed E-state index contributed by atoms with van der Waals surface area (Å²) >= 11 is 4.08. The Labute approximate surface area is 192 Å². The maximum absolute atomic E-state index is 13.2. The standard InChI is InChI=1S/C25H32BrNO4/c26-25-11-17-7-18(12-25)10-23(9-17,14-25)13-22(28)27-15-24(3-5-29-6-4-24)19-1-2-20-21(8-19)31-16-30-20/h1-2,8,17-18H,3-7,9-16H2,(H,27,28). The number of fused-ring (bicyclic) bond motifs is 1. The third-order valence-electron chi connectivity index (χ3n) is 8.71. The molecule has 1 saturated heterocycles. The number of hydrogen-bond donors (Lipinski definition) is 1. The van der Waals surface area contributed by atoms with Crippen LogP contribution in [-0.4, -0.2) is 36.8 Å². The molecule has 5 nitrogen and oxygen atoms in total. The number of carbonyl (C=O) groups is 1. The molecule has 2 aliphatic heterocycles. The number of carbonyl (C=O) groups excluding carboxylic acids is 1. The van der Waals surface area contributed by atoms with E-state index >= 15 is 0 Å². The van der Waals surface area contributed by atoms with E-state index in [-0.39, 0.29) is 23.5 Å². The van der Waals surface area contributed by atoms with Gasteiger partial charge in [0, 0.05) is 35.9 Å². The van der Waals surface area contributed by atoms with Gasteiger partial charge in [-0.1, -0.05) is 22.0 Å². The van der Waals surface area contributed by atoms with Gasteiger partial charge < -0.3 is 19.5 Å². The van der Waals surface area contributed by atoms with Crippen LogP contribution in [0.3, 0.4) is 0 Å². The molecule has 0 aromatic heterocycles. The van der Waals surface area contributed by atoms with Crippen LogP contribution in [0.1, 0.15) is 63.4 Å². The van der Waals surface area contributed by atoms with Gasteiger partial charge in [0.25, 0.3) is 0 Å². The smallest absolute Gasteiger partial charge is 0.231 e. The lowest BCUT2D eigenvalue weighted by Crippen LogP contribution is -2.54. The van der Waals surface area contributed by atoms with E-state index in [9.17, 15) is 4.79 Å². The van der Waals surface area contributed by atoms with Gasteiger partial charge in [-0.3, -0.25) is 4.79 Å². The molecule has 7 rings (SSSR count). The fourth-order valence-electron chi connectivity index (χ4n) is 7.77. The van der Waals surface area contributed by atoms with Crippen molar-refractivity contribution in [2.24, 2.45) is 17.3 Å². The number of ether oxygens (including phenoxy) is 3. The Hall–Kier alpha value is -1.27. The molecule has 6 aliphatic rings. The Bertz CT molecular complexity index is 866. The molecule has 31 heavy (non-hydrogen) atoms. The molecule has 0 radical (unpaired) electrons. The molecule has 1 N–H and O–H groups in total. The first-order valence-corrected chi connectivity index (χ1v) is 12.7. The molecule has 0 spiro atoms. The fraction of sp³-hybridized carbons (Fsp3) is 0.720. The number of rotatable bonds is 5. The van der Waals surface area contributed by atoms with E-state index in [1.54, 1.807) is 0 Å². The van der Waals surface area contributed by atoms with Gasteiger partial charge in [0.1, 0.15) is 0 Å². The van der Waals surface area contributed by atoms with E-state index in [4.69, 9.17) is 14.2 Å². The summed E-state index contributed by atoms with van der Waals surface area (Å²) in [7, 11) is 0. The molecule has 4 saturated carbocycles. The molecule has 168 valence electrons. The summed E-state index contributed by atoms with van der Waals surface area (Å²) in [4.78, 5) is 13.2. The van der Waals surface area contributed by atoms with Crippen LogP contribution in [0.25, 0.3) is 0 Å². The summed E-state index contributed by atoms with van der Waals surface area (Å²) in [6.07, 6.45) is 10.1. The lowest BCUT2D eigenvalue weighted by molar-refractivity contribution is -0.128. The summed E-state index contributed by atoms with van der Waals surface area (Å²) < 4.78 is 17.1. The van der Waals surface area contributed by atoms with E-state index < -0.39 is 0 Å². The lowest BCUT2D eigenvalue weighted by atomic mass is 9.48.